The lowest BCUT2D eigenvalue weighted by Crippen LogP contribution is -2.55. The van der Waals surface area contributed by atoms with Crippen molar-refractivity contribution in [2.45, 2.75) is 83.0 Å². The molecule has 44 heavy (non-hydrogen) atoms. The number of carbonyl (C=O) groups excluding carboxylic acids is 3. The zero-order chi connectivity index (χ0) is 31.6. The van der Waals surface area contributed by atoms with Crippen LogP contribution >= 0.6 is 0 Å². The van der Waals surface area contributed by atoms with Crippen LogP contribution in [0.2, 0.25) is 0 Å². The number of nitrogens with zero attached hydrogens (tertiary/aromatic N) is 3. The fourth-order valence-electron chi connectivity index (χ4n) is 6.29. The maximum absolute atomic E-state index is 13.9. The first-order chi connectivity index (χ1) is 21.2. The van der Waals surface area contributed by atoms with Gasteiger partial charge in [0.05, 0.1) is 20.1 Å². The number of piperidine rings is 1. The summed E-state index contributed by atoms with van der Waals surface area (Å²) < 4.78 is 16.5. The summed E-state index contributed by atoms with van der Waals surface area (Å²) in [5.74, 6) is 1.28. The van der Waals surface area contributed by atoms with Crippen molar-refractivity contribution in [3.63, 3.8) is 0 Å². The van der Waals surface area contributed by atoms with E-state index >= 15 is 0 Å². The SMILES string of the molecule is BN1C[C@H](N(C(=O)c2ccc(OC)c(OCCCOC)c2)C(C)C)CC[C@@H]1CCN(C(=O)Cc1cccc(C=O)c1)C1CC1. The number of ether oxygens (including phenoxy) is 3. The summed E-state index contributed by atoms with van der Waals surface area (Å²) in [6, 6.07) is 13.5. The van der Waals surface area contributed by atoms with Crippen molar-refractivity contribution < 1.29 is 28.6 Å². The summed E-state index contributed by atoms with van der Waals surface area (Å²) in [6.07, 6.45) is 6.76. The average Bonchev–Trinajstić information content (AvgIpc) is 3.85. The molecule has 2 aliphatic rings. The van der Waals surface area contributed by atoms with Crippen LogP contribution in [0, 0.1) is 0 Å². The molecular formula is C34H48BN3O6. The highest BCUT2D eigenvalue weighted by Crippen LogP contribution is 2.32. The Bertz CT molecular complexity index is 1270. The first-order valence-corrected chi connectivity index (χ1v) is 15.9. The molecule has 1 saturated carbocycles. The number of aldehydes is 1. The fraction of sp³-hybridized carbons (Fsp3) is 0.559. The summed E-state index contributed by atoms with van der Waals surface area (Å²) in [7, 11) is 5.39. The summed E-state index contributed by atoms with van der Waals surface area (Å²) in [6.45, 7) is 6.72. The maximum atomic E-state index is 13.9. The lowest BCUT2D eigenvalue weighted by Gasteiger charge is -2.44. The molecule has 0 aromatic heterocycles. The molecule has 1 heterocycles. The molecule has 0 spiro atoms. The predicted molar refractivity (Wildman–Crippen MR) is 173 cm³/mol. The van der Waals surface area contributed by atoms with Crippen molar-refractivity contribution in [2.24, 2.45) is 0 Å². The first kappa shape index (κ1) is 33.5. The van der Waals surface area contributed by atoms with Gasteiger partial charge >= 0.3 is 0 Å². The maximum Gasteiger partial charge on any atom is 0.254 e. The van der Waals surface area contributed by atoms with Gasteiger partial charge in [0.15, 0.2) is 19.5 Å². The molecule has 2 aromatic carbocycles. The molecule has 0 bridgehead atoms. The van der Waals surface area contributed by atoms with Crippen molar-refractivity contribution in [3.05, 3.63) is 59.2 Å². The van der Waals surface area contributed by atoms with Crippen LogP contribution in [0.5, 0.6) is 11.5 Å². The lowest BCUT2D eigenvalue weighted by atomic mass is 9.91. The minimum atomic E-state index is -0.00889. The summed E-state index contributed by atoms with van der Waals surface area (Å²) >= 11 is 0. The third-order valence-electron chi connectivity index (χ3n) is 8.75. The molecule has 2 fully saturated rings. The topological polar surface area (TPSA) is 88.6 Å². The van der Waals surface area contributed by atoms with E-state index in [4.69, 9.17) is 14.2 Å². The second-order valence-corrected chi connectivity index (χ2v) is 12.3. The molecule has 1 aliphatic carbocycles. The molecule has 2 aromatic rings. The van der Waals surface area contributed by atoms with Crippen LogP contribution in [0.3, 0.4) is 0 Å². The minimum absolute atomic E-state index is 0.00889. The van der Waals surface area contributed by atoms with Gasteiger partial charge < -0.3 is 28.8 Å². The fourth-order valence-corrected chi connectivity index (χ4v) is 6.29. The van der Waals surface area contributed by atoms with Gasteiger partial charge in [-0.1, -0.05) is 18.2 Å². The van der Waals surface area contributed by atoms with E-state index < -0.39 is 0 Å². The molecule has 1 saturated heterocycles. The molecule has 0 N–H and O–H groups in total. The molecular weight excluding hydrogens is 557 g/mol. The van der Waals surface area contributed by atoms with Crippen LogP contribution in [-0.2, 0) is 16.0 Å². The lowest BCUT2D eigenvalue weighted by molar-refractivity contribution is -0.131. The summed E-state index contributed by atoms with van der Waals surface area (Å²) in [5.41, 5.74) is 2.06. The number of hydrogen-bond acceptors (Lipinski definition) is 7. The molecule has 9 nitrogen and oxygen atoms in total. The molecule has 0 unspecified atom stereocenters. The number of methoxy groups -OCH3 is 2. The standard InChI is InChI=1S/C34H48BN3O6/c1-24(2)38(34(41)27-9-14-31(43-4)32(21-27)44-18-6-17-42-3)30-13-12-29(37(35)22-30)15-16-36(28-10-11-28)33(40)20-25-7-5-8-26(19-25)23-39/h5,7-9,14,19,21,23-24,28-30H,6,10-13,15-18,20,22,35H2,1-4H3/t29-,30-/m1/s1. The highest BCUT2D eigenvalue weighted by atomic mass is 16.5. The number of amides is 2. The highest BCUT2D eigenvalue weighted by Gasteiger charge is 2.36. The zero-order valence-corrected chi connectivity index (χ0v) is 27.0. The third-order valence-corrected chi connectivity index (χ3v) is 8.75. The van der Waals surface area contributed by atoms with E-state index in [1.165, 1.54) is 0 Å². The van der Waals surface area contributed by atoms with Crippen LogP contribution in [-0.4, -0.2) is 105 Å². The Kier molecular flexibility index (Phi) is 12.3. The van der Waals surface area contributed by atoms with Gasteiger partial charge in [0.1, 0.15) is 6.29 Å². The van der Waals surface area contributed by atoms with E-state index in [2.05, 4.69) is 31.5 Å². The van der Waals surface area contributed by atoms with Crippen LogP contribution < -0.4 is 9.47 Å². The van der Waals surface area contributed by atoms with Gasteiger partial charge in [0, 0.05) is 68.5 Å². The number of carbonyl (C=O) groups is 3. The van der Waals surface area contributed by atoms with E-state index in [-0.39, 0.29) is 23.9 Å². The Balaban J connectivity index is 1.36. The van der Waals surface area contributed by atoms with Gasteiger partial charge in [0.25, 0.3) is 5.91 Å². The Morgan fingerprint density at radius 2 is 1.80 bits per heavy atom. The Morgan fingerprint density at radius 1 is 1.02 bits per heavy atom. The van der Waals surface area contributed by atoms with Crippen molar-refractivity contribution >= 4 is 26.1 Å². The van der Waals surface area contributed by atoms with Crippen molar-refractivity contribution in [2.75, 3.05) is 40.5 Å². The van der Waals surface area contributed by atoms with Gasteiger partial charge in [-0.2, -0.15) is 0 Å². The van der Waals surface area contributed by atoms with Crippen LogP contribution in [0.15, 0.2) is 42.5 Å². The number of rotatable bonds is 16. The smallest absolute Gasteiger partial charge is 0.254 e. The van der Waals surface area contributed by atoms with Crippen LogP contribution in [0.25, 0.3) is 0 Å². The Hall–Kier alpha value is -3.37. The van der Waals surface area contributed by atoms with Gasteiger partial charge in [0.2, 0.25) is 5.91 Å². The van der Waals surface area contributed by atoms with E-state index in [1.54, 1.807) is 38.5 Å². The molecule has 1 aliphatic heterocycles. The summed E-state index contributed by atoms with van der Waals surface area (Å²) in [5, 5.41) is 0. The second-order valence-electron chi connectivity index (χ2n) is 12.3. The molecule has 238 valence electrons. The van der Waals surface area contributed by atoms with Gasteiger partial charge in [-0.05, 0) is 75.8 Å². The van der Waals surface area contributed by atoms with Crippen LogP contribution in [0.1, 0.15) is 78.7 Å². The van der Waals surface area contributed by atoms with Gasteiger partial charge in [-0.25, -0.2) is 0 Å². The van der Waals surface area contributed by atoms with E-state index in [0.29, 0.717) is 54.3 Å². The summed E-state index contributed by atoms with van der Waals surface area (Å²) in [4.78, 5) is 44.8. The first-order valence-electron chi connectivity index (χ1n) is 15.9. The van der Waals surface area contributed by atoms with Crippen LogP contribution in [0.4, 0.5) is 0 Å². The number of benzene rings is 2. The predicted octanol–water partition coefficient (Wildman–Crippen LogP) is 3.78. The Morgan fingerprint density at radius 3 is 2.45 bits per heavy atom. The number of hydrogen-bond donors (Lipinski definition) is 0. The van der Waals surface area contributed by atoms with Gasteiger partial charge in [-0.15, -0.1) is 0 Å². The molecule has 2 amide bonds. The van der Waals surface area contributed by atoms with Crippen molar-refractivity contribution in [1.29, 1.82) is 0 Å². The normalized spacial score (nSPS) is 18.6. The highest BCUT2D eigenvalue weighted by molar-refractivity contribution is 6.04. The Labute approximate surface area is 263 Å². The quantitative estimate of drug-likeness (QED) is 0.164. The minimum Gasteiger partial charge on any atom is -0.493 e. The third kappa shape index (κ3) is 8.85. The molecule has 0 radical (unpaired) electrons. The van der Waals surface area contributed by atoms with Crippen molar-refractivity contribution in [3.8, 4) is 11.5 Å². The monoisotopic (exact) mass is 605 g/mol. The van der Waals surface area contributed by atoms with E-state index in [0.717, 1.165) is 63.5 Å². The molecule has 4 rings (SSSR count). The van der Waals surface area contributed by atoms with Crippen molar-refractivity contribution in [1.82, 2.24) is 14.6 Å². The largest absolute Gasteiger partial charge is 0.493 e. The van der Waals surface area contributed by atoms with E-state index in [1.807, 2.05) is 23.1 Å². The average molecular weight is 606 g/mol. The zero-order valence-electron chi connectivity index (χ0n) is 27.0. The molecule has 10 heteroatoms. The molecule has 2 atom stereocenters. The second kappa shape index (κ2) is 16.1. The van der Waals surface area contributed by atoms with Gasteiger partial charge in [-0.3, -0.25) is 14.4 Å². The van der Waals surface area contributed by atoms with E-state index in [9.17, 15) is 14.4 Å².